The van der Waals surface area contributed by atoms with Crippen LogP contribution >= 0.6 is 0 Å². The molecule has 1 heterocycles. The third-order valence-corrected chi connectivity index (χ3v) is 4.54. The van der Waals surface area contributed by atoms with E-state index in [1.54, 1.807) is 7.11 Å². The fraction of sp³-hybridized carbons (Fsp3) is 0.318. The number of carbonyl (C=O) groups excluding carboxylic acids is 2. The molecule has 1 N–H and O–H groups in total. The van der Waals surface area contributed by atoms with Crippen molar-refractivity contribution < 1.29 is 23.5 Å². The van der Waals surface area contributed by atoms with E-state index in [-0.39, 0.29) is 5.57 Å². The predicted octanol–water partition coefficient (Wildman–Crippen LogP) is 3.37. The van der Waals surface area contributed by atoms with E-state index in [0.717, 1.165) is 11.4 Å². The summed E-state index contributed by atoms with van der Waals surface area (Å²) in [4.78, 5) is 24.6. The fourth-order valence-electron chi connectivity index (χ4n) is 2.85. The van der Waals surface area contributed by atoms with Crippen LogP contribution in [0.15, 0.2) is 35.9 Å². The smallest absolute Gasteiger partial charge is 0.349 e. The van der Waals surface area contributed by atoms with Crippen molar-refractivity contribution in [1.29, 1.82) is 5.26 Å². The summed E-state index contributed by atoms with van der Waals surface area (Å²) in [5.74, 6) is -1.93. The Morgan fingerprint density at radius 3 is 2.57 bits per heavy atom. The van der Waals surface area contributed by atoms with Gasteiger partial charge in [-0.1, -0.05) is 0 Å². The SMILES string of the molecule is COCCn1c(C)cc(/C=C(\C#N)C(=O)O[C@H](C)C(=O)Nc2ccc(F)cc2)c1C. The highest BCUT2D eigenvalue weighted by molar-refractivity contribution is 6.01. The molecule has 0 aliphatic carbocycles. The van der Waals surface area contributed by atoms with E-state index in [1.165, 1.54) is 37.3 Å². The van der Waals surface area contributed by atoms with Crippen molar-refractivity contribution in [2.75, 3.05) is 19.0 Å². The molecule has 0 unspecified atom stereocenters. The summed E-state index contributed by atoms with van der Waals surface area (Å²) in [5.41, 5.74) is 2.70. The fourth-order valence-corrected chi connectivity index (χ4v) is 2.85. The molecule has 1 aromatic heterocycles. The molecule has 30 heavy (non-hydrogen) atoms. The maximum atomic E-state index is 13.0. The highest BCUT2D eigenvalue weighted by Crippen LogP contribution is 2.19. The van der Waals surface area contributed by atoms with Crippen LogP contribution in [-0.4, -0.2) is 36.3 Å². The average Bonchev–Trinajstić information content (AvgIpc) is 2.98. The molecule has 0 spiro atoms. The Labute approximate surface area is 174 Å². The lowest BCUT2D eigenvalue weighted by atomic mass is 10.1. The minimum atomic E-state index is -1.14. The number of nitrogens with one attached hydrogen (secondary N) is 1. The molecule has 0 saturated heterocycles. The summed E-state index contributed by atoms with van der Waals surface area (Å²) in [6, 6.07) is 8.87. The van der Waals surface area contributed by atoms with Crippen molar-refractivity contribution in [3.8, 4) is 6.07 Å². The van der Waals surface area contributed by atoms with Crippen LogP contribution in [0.1, 0.15) is 23.9 Å². The molecule has 2 rings (SSSR count). The van der Waals surface area contributed by atoms with Crippen molar-refractivity contribution in [1.82, 2.24) is 4.57 Å². The lowest BCUT2D eigenvalue weighted by Gasteiger charge is -2.13. The third kappa shape index (κ3) is 5.78. The van der Waals surface area contributed by atoms with Crippen molar-refractivity contribution in [2.24, 2.45) is 0 Å². The Kier molecular flexibility index (Phi) is 7.90. The first-order chi connectivity index (χ1) is 14.3. The van der Waals surface area contributed by atoms with Crippen molar-refractivity contribution >= 4 is 23.6 Å². The number of nitrogens with zero attached hydrogens (tertiary/aromatic N) is 2. The summed E-state index contributed by atoms with van der Waals surface area (Å²) in [7, 11) is 1.62. The predicted molar refractivity (Wildman–Crippen MR) is 110 cm³/mol. The van der Waals surface area contributed by atoms with E-state index in [2.05, 4.69) is 5.32 Å². The summed E-state index contributed by atoms with van der Waals surface area (Å²) < 4.78 is 25.2. The maximum absolute atomic E-state index is 13.0. The van der Waals surface area contributed by atoms with Crippen LogP contribution in [0.5, 0.6) is 0 Å². The number of ether oxygens (including phenoxy) is 2. The molecule has 1 atom stereocenters. The number of amides is 1. The number of aromatic nitrogens is 1. The lowest BCUT2D eigenvalue weighted by molar-refractivity contribution is -0.148. The lowest BCUT2D eigenvalue weighted by Crippen LogP contribution is -2.30. The minimum Gasteiger partial charge on any atom is -0.448 e. The van der Waals surface area contributed by atoms with E-state index < -0.39 is 23.8 Å². The van der Waals surface area contributed by atoms with Gasteiger partial charge in [-0.25, -0.2) is 9.18 Å². The number of nitriles is 1. The molecule has 0 saturated carbocycles. The average molecular weight is 413 g/mol. The maximum Gasteiger partial charge on any atom is 0.349 e. The first kappa shape index (κ1) is 22.8. The van der Waals surface area contributed by atoms with Crippen molar-refractivity contribution in [3.05, 3.63) is 58.7 Å². The van der Waals surface area contributed by atoms with Gasteiger partial charge in [0.25, 0.3) is 5.91 Å². The van der Waals surface area contributed by atoms with Crippen LogP contribution in [0.3, 0.4) is 0 Å². The van der Waals surface area contributed by atoms with Crippen LogP contribution < -0.4 is 5.32 Å². The number of aryl methyl sites for hydroxylation is 1. The second kappa shape index (κ2) is 10.4. The van der Waals surface area contributed by atoms with Gasteiger partial charge < -0.3 is 19.4 Å². The number of methoxy groups -OCH3 is 1. The Bertz CT molecular complexity index is 987. The second-order valence-electron chi connectivity index (χ2n) is 6.68. The van der Waals surface area contributed by atoms with Crippen molar-refractivity contribution in [3.63, 3.8) is 0 Å². The van der Waals surface area contributed by atoms with Gasteiger partial charge in [0.1, 0.15) is 17.5 Å². The van der Waals surface area contributed by atoms with E-state index in [4.69, 9.17) is 9.47 Å². The highest BCUT2D eigenvalue weighted by atomic mass is 19.1. The Hall–Kier alpha value is -3.44. The molecular weight excluding hydrogens is 389 g/mol. The van der Waals surface area contributed by atoms with Gasteiger partial charge in [0.15, 0.2) is 6.10 Å². The zero-order valence-corrected chi connectivity index (χ0v) is 17.4. The number of rotatable bonds is 8. The van der Waals surface area contributed by atoms with Gasteiger partial charge in [-0.15, -0.1) is 0 Å². The molecule has 8 heteroatoms. The Morgan fingerprint density at radius 2 is 1.97 bits per heavy atom. The van der Waals surface area contributed by atoms with E-state index in [9.17, 15) is 19.2 Å². The van der Waals surface area contributed by atoms with E-state index in [1.807, 2.05) is 30.6 Å². The number of carbonyl (C=O) groups is 2. The molecule has 2 aromatic rings. The quantitative estimate of drug-likeness (QED) is 0.407. The zero-order chi connectivity index (χ0) is 22.3. The first-order valence-corrected chi connectivity index (χ1v) is 9.31. The molecule has 0 radical (unpaired) electrons. The second-order valence-corrected chi connectivity index (χ2v) is 6.68. The number of esters is 1. The van der Waals surface area contributed by atoms with E-state index in [0.29, 0.717) is 24.4 Å². The van der Waals surface area contributed by atoms with Gasteiger partial charge >= 0.3 is 5.97 Å². The topological polar surface area (TPSA) is 93.3 Å². The number of hydrogen-bond donors (Lipinski definition) is 1. The summed E-state index contributed by atoms with van der Waals surface area (Å²) in [5, 5.41) is 11.9. The largest absolute Gasteiger partial charge is 0.448 e. The Morgan fingerprint density at radius 1 is 1.30 bits per heavy atom. The normalized spacial score (nSPS) is 12.2. The highest BCUT2D eigenvalue weighted by Gasteiger charge is 2.21. The van der Waals surface area contributed by atoms with Crippen LogP contribution in [0, 0.1) is 31.0 Å². The van der Waals surface area contributed by atoms with Gasteiger partial charge in [-0.2, -0.15) is 5.26 Å². The van der Waals surface area contributed by atoms with Crippen LogP contribution in [0.25, 0.3) is 6.08 Å². The summed E-state index contributed by atoms with van der Waals surface area (Å²) in [6.45, 7) is 6.38. The van der Waals surface area contributed by atoms with Gasteiger partial charge in [-0.05, 0) is 62.7 Å². The van der Waals surface area contributed by atoms with Crippen molar-refractivity contribution in [2.45, 2.75) is 33.4 Å². The van der Waals surface area contributed by atoms with Gasteiger partial charge in [0.05, 0.1) is 6.61 Å². The molecule has 0 aliphatic rings. The molecule has 0 bridgehead atoms. The number of hydrogen-bond acceptors (Lipinski definition) is 5. The first-order valence-electron chi connectivity index (χ1n) is 9.31. The molecular formula is C22H24FN3O4. The van der Waals surface area contributed by atoms with E-state index >= 15 is 0 Å². The van der Waals surface area contributed by atoms with Gasteiger partial charge in [0, 0.05) is 30.7 Å². The third-order valence-electron chi connectivity index (χ3n) is 4.54. The molecule has 7 nitrogen and oxygen atoms in total. The van der Waals surface area contributed by atoms with Crippen LogP contribution in [0.2, 0.25) is 0 Å². The number of halogens is 1. The van der Waals surface area contributed by atoms with Gasteiger partial charge in [0.2, 0.25) is 0 Å². The molecule has 0 fully saturated rings. The molecule has 158 valence electrons. The van der Waals surface area contributed by atoms with Crippen LogP contribution in [-0.2, 0) is 25.6 Å². The minimum absolute atomic E-state index is 0.219. The molecule has 1 aromatic carbocycles. The summed E-state index contributed by atoms with van der Waals surface area (Å²) in [6.07, 6.45) is 0.298. The van der Waals surface area contributed by atoms with Crippen LogP contribution in [0.4, 0.5) is 10.1 Å². The van der Waals surface area contributed by atoms with Gasteiger partial charge in [-0.3, -0.25) is 4.79 Å². The zero-order valence-electron chi connectivity index (χ0n) is 17.4. The summed E-state index contributed by atoms with van der Waals surface area (Å²) >= 11 is 0. The number of anilines is 1. The molecule has 1 amide bonds. The Balaban J connectivity index is 2.09. The number of benzene rings is 1. The molecule has 0 aliphatic heterocycles. The monoisotopic (exact) mass is 413 g/mol. The standard InChI is InChI=1S/C22H24FN3O4/c1-14-11-17(15(2)26(14)9-10-29-4)12-18(13-24)22(28)30-16(3)21(27)25-20-7-5-19(23)6-8-20/h5-8,11-12,16H,9-10H2,1-4H3,(H,25,27)/b18-12+/t16-/m1/s1.